The first-order valence-electron chi connectivity index (χ1n) is 5.10. The Labute approximate surface area is 93.5 Å². The Balaban J connectivity index is 2.54. The molecule has 0 fully saturated rings. The van der Waals surface area contributed by atoms with E-state index < -0.39 is 0 Å². The number of aromatic hydroxyl groups is 1. The highest BCUT2D eigenvalue weighted by atomic mass is 16.3. The lowest BCUT2D eigenvalue weighted by molar-refractivity contribution is 0.477. The lowest BCUT2D eigenvalue weighted by atomic mass is 10.1. The lowest BCUT2D eigenvalue weighted by Gasteiger charge is -2.06. The Hall–Kier alpha value is -2.04. The number of benzene rings is 1. The molecular formula is C11H14N4O. The van der Waals surface area contributed by atoms with E-state index in [9.17, 15) is 5.11 Å². The van der Waals surface area contributed by atoms with E-state index in [1.165, 1.54) is 0 Å². The van der Waals surface area contributed by atoms with E-state index in [0.29, 0.717) is 17.1 Å². The van der Waals surface area contributed by atoms with Gasteiger partial charge in [0.2, 0.25) is 0 Å². The minimum absolute atomic E-state index is 0.145. The summed E-state index contributed by atoms with van der Waals surface area (Å²) in [7, 11) is 0. The summed E-state index contributed by atoms with van der Waals surface area (Å²) >= 11 is 0. The fourth-order valence-corrected chi connectivity index (χ4v) is 1.55. The summed E-state index contributed by atoms with van der Waals surface area (Å²) in [4.78, 5) is 0. The van der Waals surface area contributed by atoms with Gasteiger partial charge < -0.3 is 10.8 Å². The Morgan fingerprint density at radius 3 is 2.56 bits per heavy atom. The van der Waals surface area contributed by atoms with Gasteiger partial charge in [0.05, 0.1) is 6.04 Å². The molecule has 1 heterocycles. The number of phenolic OH excluding ortho intramolecular Hbond substituents is 1. The molecule has 3 N–H and O–H groups in total. The molecule has 0 amide bonds. The standard InChI is InChI=1S/C11H14N4O/c1-7(2)15-11(12)10(13-14-15)8-5-3-4-6-9(8)16/h3-7,16H,12H2,1-2H3. The summed E-state index contributed by atoms with van der Waals surface area (Å²) < 4.78 is 1.63. The van der Waals surface area contributed by atoms with Crippen molar-refractivity contribution in [3.05, 3.63) is 24.3 Å². The van der Waals surface area contributed by atoms with Crippen LogP contribution in [0.1, 0.15) is 19.9 Å². The predicted molar refractivity (Wildman–Crippen MR) is 61.9 cm³/mol. The van der Waals surface area contributed by atoms with Crippen LogP contribution in [0.4, 0.5) is 5.82 Å². The number of para-hydroxylation sites is 1. The first-order valence-corrected chi connectivity index (χ1v) is 5.10. The molecule has 0 radical (unpaired) electrons. The summed E-state index contributed by atoms with van der Waals surface area (Å²) in [5.74, 6) is 0.626. The summed E-state index contributed by atoms with van der Waals surface area (Å²) in [6, 6.07) is 7.08. The van der Waals surface area contributed by atoms with Crippen molar-refractivity contribution in [2.75, 3.05) is 5.73 Å². The van der Waals surface area contributed by atoms with E-state index in [2.05, 4.69) is 10.3 Å². The summed E-state index contributed by atoms with van der Waals surface area (Å²) in [6.07, 6.45) is 0. The Kier molecular flexibility index (Phi) is 2.52. The first-order chi connectivity index (χ1) is 7.61. The van der Waals surface area contributed by atoms with Crippen molar-refractivity contribution < 1.29 is 5.11 Å². The van der Waals surface area contributed by atoms with Crippen LogP contribution in [0.25, 0.3) is 11.3 Å². The van der Waals surface area contributed by atoms with Crippen LogP contribution in [-0.4, -0.2) is 20.1 Å². The number of nitrogens with two attached hydrogens (primary N) is 1. The molecule has 5 nitrogen and oxygen atoms in total. The van der Waals surface area contributed by atoms with Gasteiger partial charge in [-0.1, -0.05) is 17.3 Å². The van der Waals surface area contributed by atoms with Crippen molar-refractivity contribution in [1.29, 1.82) is 0 Å². The van der Waals surface area contributed by atoms with Crippen LogP contribution in [0, 0.1) is 0 Å². The zero-order chi connectivity index (χ0) is 11.7. The maximum atomic E-state index is 9.70. The molecule has 0 bridgehead atoms. The molecule has 0 saturated carbocycles. The number of aromatic nitrogens is 3. The van der Waals surface area contributed by atoms with E-state index in [1.807, 2.05) is 19.9 Å². The average molecular weight is 218 g/mol. The monoisotopic (exact) mass is 218 g/mol. The lowest BCUT2D eigenvalue weighted by Crippen LogP contribution is -2.07. The number of hydrogen-bond donors (Lipinski definition) is 2. The van der Waals surface area contributed by atoms with Gasteiger partial charge in [-0.25, -0.2) is 4.68 Å². The maximum absolute atomic E-state index is 9.70. The normalized spacial score (nSPS) is 10.9. The third-order valence-corrected chi connectivity index (χ3v) is 2.38. The average Bonchev–Trinajstić information content (AvgIpc) is 2.61. The molecule has 1 aromatic carbocycles. The first kappa shape index (κ1) is 10.5. The number of anilines is 1. The molecule has 5 heteroatoms. The summed E-state index contributed by atoms with van der Waals surface area (Å²) in [6.45, 7) is 3.94. The highest BCUT2D eigenvalue weighted by molar-refractivity contribution is 5.74. The highest BCUT2D eigenvalue weighted by Gasteiger charge is 2.15. The number of rotatable bonds is 2. The minimum atomic E-state index is 0.145. The van der Waals surface area contributed by atoms with Gasteiger partial charge in [0.15, 0.2) is 5.82 Å². The molecule has 0 saturated heterocycles. The van der Waals surface area contributed by atoms with E-state index in [1.54, 1.807) is 22.9 Å². The zero-order valence-corrected chi connectivity index (χ0v) is 9.25. The summed E-state index contributed by atoms with van der Waals surface area (Å²) in [5, 5.41) is 17.7. The van der Waals surface area contributed by atoms with Gasteiger partial charge in [-0.15, -0.1) is 5.10 Å². The van der Waals surface area contributed by atoms with Crippen LogP contribution in [0.3, 0.4) is 0 Å². The van der Waals surface area contributed by atoms with Crippen LogP contribution in [0.2, 0.25) is 0 Å². The van der Waals surface area contributed by atoms with Gasteiger partial charge >= 0.3 is 0 Å². The number of hydrogen-bond acceptors (Lipinski definition) is 4. The fourth-order valence-electron chi connectivity index (χ4n) is 1.55. The molecule has 16 heavy (non-hydrogen) atoms. The second-order valence-electron chi connectivity index (χ2n) is 3.88. The fraction of sp³-hybridized carbons (Fsp3) is 0.273. The van der Waals surface area contributed by atoms with E-state index in [4.69, 9.17) is 5.73 Å². The quantitative estimate of drug-likeness (QED) is 0.806. The van der Waals surface area contributed by atoms with Gasteiger partial charge in [-0.3, -0.25) is 0 Å². The van der Waals surface area contributed by atoms with Crippen molar-refractivity contribution in [3.8, 4) is 17.0 Å². The van der Waals surface area contributed by atoms with Crippen LogP contribution in [-0.2, 0) is 0 Å². The second-order valence-corrected chi connectivity index (χ2v) is 3.88. The van der Waals surface area contributed by atoms with Gasteiger partial charge in [-0.05, 0) is 26.0 Å². The summed E-state index contributed by atoms with van der Waals surface area (Å²) in [5.41, 5.74) is 7.06. The van der Waals surface area contributed by atoms with Crippen LogP contribution in [0.15, 0.2) is 24.3 Å². The van der Waals surface area contributed by atoms with Gasteiger partial charge in [0, 0.05) is 5.56 Å². The second kappa shape index (κ2) is 3.84. The van der Waals surface area contributed by atoms with E-state index in [-0.39, 0.29) is 11.8 Å². The van der Waals surface area contributed by atoms with Crippen LogP contribution in [0.5, 0.6) is 5.75 Å². The molecule has 0 atom stereocenters. The Morgan fingerprint density at radius 2 is 2.00 bits per heavy atom. The van der Waals surface area contributed by atoms with Gasteiger partial charge in [0.1, 0.15) is 11.4 Å². The minimum Gasteiger partial charge on any atom is -0.507 e. The predicted octanol–water partition coefficient (Wildman–Crippen LogP) is 1.81. The van der Waals surface area contributed by atoms with Crippen molar-refractivity contribution in [3.63, 3.8) is 0 Å². The number of nitrogens with zero attached hydrogens (tertiary/aromatic N) is 3. The molecule has 0 aliphatic heterocycles. The molecule has 0 unspecified atom stereocenters. The molecule has 2 rings (SSSR count). The molecule has 84 valence electrons. The van der Waals surface area contributed by atoms with Crippen molar-refractivity contribution in [2.24, 2.45) is 0 Å². The molecule has 2 aromatic rings. The molecule has 0 aliphatic rings. The van der Waals surface area contributed by atoms with Crippen LogP contribution >= 0.6 is 0 Å². The van der Waals surface area contributed by atoms with Crippen molar-refractivity contribution in [2.45, 2.75) is 19.9 Å². The smallest absolute Gasteiger partial charge is 0.150 e. The third kappa shape index (κ3) is 1.60. The van der Waals surface area contributed by atoms with E-state index in [0.717, 1.165) is 0 Å². The highest BCUT2D eigenvalue weighted by Crippen LogP contribution is 2.31. The zero-order valence-electron chi connectivity index (χ0n) is 9.25. The SMILES string of the molecule is CC(C)n1nnc(-c2ccccc2O)c1N. The van der Waals surface area contributed by atoms with Gasteiger partial charge in [-0.2, -0.15) is 0 Å². The maximum Gasteiger partial charge on any atom is 0.150 e. The van der Waals surface area contributed by atoms with Gasteiger partial charge in [0.25, 0.3) is 0 Å². The largest absolute Gasteiger partial charge is 0.507 e. The third-order valence-electron chi connectivity index (χ3n) is 2.38. The number of nitrogen functional groups attached to an aromatic ring is 1. The topological polar surface area (TPSA) is 77.0 Å². The molecule has 1 aromatic heterocycles. The molecule has 0 aliphatic carbocycles. The van der Waals surface area contributed by atoms with Crippen molar-refractivity contribution in [1.82, 2.24) is 15.0 Å². The van der Waals surface area contributed by atoms with E-state index >= 15 is 0 Å². The Morgan fingerprint density at radius 1 is 1.31 bits per heavy atom. The Bertz CT molecular complexity index is 504. The molecular weight excluding hydrogens is 204 g/mol. The van der Waals surface area contributed by atoms with Crippen molar-refractivity contribution >= 4 is 5.82 Å². The molecule has 0 spiro atoms. The van der Waals surface area contributed by atoms with Crippen LogP contribution < -0.4 is 5.73 Å². The number of phenols is 1.